The third-order valence-corrected chi connectivity index (χ3v) is 7.76. The van der Waals surface area contributed by atoms with Gasteiger partial charge in [0.15, 0.2) is 11.4 Å². The smallest absolute Gasteiger partial charge is 0.322 e. The summed E-state index contributed by atoms with van der Waals surface area (Å²) < 4.78 is 6.84. The number of methoxy groups -OCH3 is 1. The van der Waals surface area contributed by atoms with Crippen LogP contribution >= 0.6 is 11.3 Å². The van der Waals surface area contributed by atoms with Crippen LogP contribution < -0.4 is 15.4 Å². The van der Waals surface area contributed by atoms with Crippen LogP contribution in [0.3, 0.4) is 0 Å². The first kappa shape index (κ1) is 22.8. The maximum absolute atomic E-state index is 13.1. The van der Waals surface area contributed by atoms with E-state index in [4.69, 9.17) is 4.74 Å². The number of imide groups is 1. The lowest BCUT2D eigenvalue weighted by molar-refractivity contribution is -0.124. The number of nitrogens with one attached hydrogen (secondary N) is 2. The van der Waals surface area contributed by atoms with Gasteiger partial charge in [-0.2, -0.15) is 0 Å². The van der Waals surface area contributed by atoms with Crippen LogP contribution in [0.2, 0.25) is 0 Å². The zero-order chi connectivity index (χ0) is 25.6. The summed E-state index contributed by atoms with van der Waals surface area (Å²) in [6.07, 6.45) is 3.52. The molecule has 0 saturated carbocycles. The average Bonchev–Trinajstić information content (AvgIpc) is 3.61. The van der Waals surface area contributed by atoms with Gasteiger partial charge in [0.05, 0.1) is 24.2 Å². The topological polar surface area (TPSA) is 105 Å². The molecule has 0 aliphatic carbocycles. The number of carbonyl (C=O) groups is 2. The molecule has 5 aromatic rings. The number of urea groups is 1. The summed E-state index contributed by atoms with van der Waals surface area (Å²) >= 11 is 1.63. The lowest BCUT2D eigenvalue weighted by Crippen LogP contribution is -2.47. The summed E-state index contributed by atoms with van der Waals surface area (Å²) in [5, 5.41) is 17.5. The van der Waals surface area contributed by atoms with E-state index >= 15 is 0 Å². The van der Waals surface area contributed by atoms with Gasteiger partial charge >= 0.3 is 6.03 Å². The minimum Gasteiger partial charge on any atom is -0.497 e. The number of aromatic hydroxyl groups is 1. The van der Waals surface area contributed by atoms with Crippen molar-refractivity contribution >= 4 is 34.0 Å². The van der Waals surface area contributed by atoms with Crippen molar-refractivity contribution in [2.45, 2.75) is 12.1 Å². The van der Waals surface area contributed by atoms with E-state index in [2.05, 4.69) is 15.6 Å². The van der Waals surface area contributed by atoms with Crippen LogP contribution in [0.5, 0.6) is 11.6 Å². The summed E-state index contributed by atoms with van der Waals surface area (Å²) in [6.45, 7) is 0.00950. The molecule has 1 fully saturated rings. The molecule has 2 aromatic carbocycles. The van der Waals surface area contributed by atoms with Gasteiger partial charge < -0.3 is 19.7 Å². The molecule has 37 heavy (non-hydrogen) atoms. The molecule has 0 spiro atoms. The van der Waals surface area contributed by atoms with Crippen LogP contribution in [0.1, 0.15) is 5.56 Å². The molecular formula is C28H22N4O4S. The number of hydrogen-bond acceptors (Lipinski definition) is 6. The second-order valence-electron chi connectivity index (χ2n) is 8.80. The van der Waals surface area contributed by atoms with E-state index in [1.165, 1.54) is 0 Å². The standard InChI is InChI=1S/C28H22N4O4S/c1-36-20-10-7-18-15-32(25(33)21(18)14-20)16-28(26(34)30-27(35)31-28)19-8-5-17(6-9-19)23-11-12-24(37-23)22-4-2-3-13-29-22/h2-15,33H,16H2,1H3,(H2,30,31,34,35)/t28-/m0/s1. The second-order valence-corrected chi connectivity index (χ2v) is 9.89. The minimum absolute atomic E-state index is 0.00950. The first-order valence-corrected chi connectivity index (χ1v) is 12.4. The molecule has 0 unspecified atom stereocenters. The highest BCUT2D eigenvalue weighted by molar-refractivity contribution is 7.18. The van der Waals surface area contributed by atoms with E-state index in [1.807, 2.05) is 60.7 Å². The van der Waals surface area contributed by atoms with Crippen molar-refractivity contribution in [3.05, 3.63) is 90.8 Å². The SMILES string of the molecule is COc1ccc2cn(C[C@@]3(c4ccc(-c5ccc(-c6ccccn6)s5)cc4)NC(=O)NC3=O)c(O)c2c1. The third kappa shape index (κ3) is 3.89. The molecule has 3 N–H and O–H groups in total. The molecule has 184 valence electrons. The third-order valence-electron chi connectivity index (χ3n) is 6.60. The number of nitrogens with zero attached hydrogens (tertiary/aromatic N) is 2. The average molecular weight is 511 g/mol. The van der Waals surface area contributed by atoms with Gasteiger partial charge in [0, 0.05) is 28.0 Å². The molecular weight excluding hydrogens is 488 g/mol. The summed E-state index contributed by atoms with van der Waals surface area (Å²) in [7, 11) is 1.56. The van der Waals surface area contributed by atoms with Crippen LogP contribution in [-0.2, 0) is 16.9 Å². The Hall–Kier alpha value is -4.63. The maximum atomic E-state index is 13.1. The number of ether oxygens (including phenoxy) is 1. The highest BCUT2D eigenvalue weighted by Crippen LogP contribution is 2.37. The van der Waals surface area contributed by atoms with Crippen LogP contribution in [0.25, 0.3) is 31.8 Å². The zero-order valence-corrected chi connectivity index (χ0v) is 20.6. The predicted octanol–water partition coefficient (Wildman–Crippen LogP) is 4.88. The van der Waals surface area contributed by atoms with Crippen molar-refractivity contribution in [2.75, 3.05) is 7.11 Å². The van der Waals surface area contributed by atoms with E-state index in [9.17, 15) is 14.7 Å². The van der Waals surface area contributed by atoms with Gasteiger partial charge in [-0.05, 0) is 53.6 Å². The van der Waals surface area contributed by atoms with Gasteiger partial charge in [0.25, 0.3) is 5.91 Å². The number of thiophene rings is 1. The first-order valence-electron chi connectivity index (χ1n) is 11.6. The van der Waals surface area contributed by atoms with Gasteiger partial charge in [-0.1, -0.05) is 30.3 Å². The number of aromatic nitrogens is 2. The quantitative estimate of drug-likeness (QED) is 0.282. The highest BCUT2D eigenvalue weighted by Gasteiger charge is 2.48. The van der Waals surface area contributed by atoms with Gasteiger partial charge in [-0.25, -0.2) is 4.79 Å². The molecule has 0 bridgehead atoms. The normalized spacial score (nSPS) is 17.1. The molecule has 1 atom stereocenters. The summed E-state index contributed by atoms with van der Waals surface area (Å²) in [6, 6.07) is 22.2. The van der Waals surface area contributed by atoms with Crippen molar-refractivity contribution in [2.24, 2.45) is 0 Å². The number of benzene rings is 2. The van der Waals surface area contributed by atoms with Gasteiger partial charge in [0.1, 0.15) is 5.75 Å². The number of fused-ring (bicyclic) bond motifs is 1. The predicted molar refractivity (Wildman–Crippen MR) is 141 cm³/mol. The van der Waals surface area contributed by atoms with Crippen molar-refractivity contribution in [3.63, 3.8) is 0 Å². The summed E-state index contributed by atoms with van der Waals surface area (Å²) in [4.78, 5) is 31.9. The van der Waals surface area contributed by atoms with E-state index in [0.29, 0.717) is 16.7 Å². The Morgan fingerprint density at radius 2 is 1.84 bits per heavy atom. The van der Waals surface area contributed by atoms with Crippen molar-refractivity contribution in [1.29, 1.82) is 0 Å². The molecule has 6 rings (SSSR count). The van der Waals surface area contributed by atoms with Crippen molar-refractivity contribution < 1.29 is 19.4 Å². The molecule has 8 nitrogen and oxygen atoms in total. The van der Waals surface area contributed by atoms with Crippen LogP contribution in [-0.4, -0.2) is 33.7 Å². The van der Waals surface area contributed by atoms with Crippen LogP contribution in [0.15, 0.2) is 85.2 Å². The van der Waals surface area contributed by atoms with E-state index in [0.717, 1.165) is 26.4 Å². The second kappa shape index (κ2) is 8.79. The van der Waals surface area contributed by atoms with Gasteiger partial charge in [0.2, 0.25) is 0 Å². The Morgan fingerprint density at radius 1 is 1.03 bits per heavy atom. The van der Waals surface area contributed by atoms with Crippen molar-refractivity contribution in [1.82, 2.24) is 20.2 Å². The van der Waals surface area contributed by atoms with Crippen molar-refractivity contribution in [3.8, 4) is 32.6 Å². The van der Waals surface area contributed by atoms with Crippen LogP contribution in [0.4, 0.5) is 4.79 Å². The fourth-order valence-electron chi connectivity index (χ4n) is 4.68. The van der Waals surface area contributed by atoms with E-state index < -0.39 is 17.5 Å². The minimum atomic E-state index is -1.39. The first-order chi connectivity index (χ1) is 18.0. The summed E-state index contributed by atoms with van der Waals surface area (Å²) in [5.74, 6) is 0.116. The Morgan fingerprint density at radius 3 is 2.54 bits per heavy atom. The molecule has 3 amide bonds. The fraction of sp³-hybridized carbons (Fsp3) is 0.107. The molecule has 9 heteroatoms. The summed E-state index contributed by atoms with van der Waals surface area (Å²) in [5.41, 5.74) is 1.12. The Bertz CT molecular complexity index is 1640. The lowest BCUT2D eigenvalue weighted by Gasteiger charge is -2.27. The fourth-order valence-corrected chi connectivity index (χ4v) is 5.67. The van der Waals surface area contributed by atoms with E-state index in [1.54, 1.807) is 47.5 Å². The van der Waals surface area contributed by atoms with E-state index in [-0.39, 0.29) is 12.4 Å². The van der Waals surface area contributed by atoms with Gasteiger partial charge in [-0.3, -0.25) is 15.1 Å². The number of pyridine rings is 1. The zero-order valence-electron chi connectivity index (χ0n) is 19.8. The Balaban J connectivity index is 1.35. The molecule has 1 saturated heterocycles. The molecule has 1 aliphatic rings. The molecule has 3 aromatic heterocycles. The molecule has 0 radical (unpaired) electrons. The maximum Gasteiger partial charge on any atom is 0.322 e. The molecule has 4 heterocycles. The Labute approximate surface area is 216 Å². The lowest BCUT2D eigenvalue weighted by atomic mass is 9.89. The highest BCUT2D eigenvalue weighted by atomic mass is 32.1. The number of rotatable bonds is 6. The monoisotopic (exact) mass is 510 g/mol. The Kier molecular flexibility index (Phi) is 5.42. The number of hydrogen-bond donors (Lipinski definition) is 3. The van der Waals surface area contributed by atoms with Crippen LogP contribution in [0, 0.1) is 0 Å². The molecule has 1 aliphatic heterocycles. The number of carbonyl (C=O) groups excluding carboxylic acids is 2. The van der Waals surface area contributed by atoms with Gasteiger partial charge in [-0.15, -0.1) is 11.3 Å². The largest absolute Gasteiger partial charge is 0.497 e. The number of amides is 3.